The van der Waals surface area contributed by atoms with Crippen LogP contribution in [0.1, 0.15) is 48.8 Å². The first-order valence-corrected chi connectivity index (χ1v) is 14.4. The van der Waals surface area contributed by atoms with E-state index in [9.17, 15) is 24.3 Å². The molecule has 0 bridgehead atoms. The molecule has 0 unspecified atom stereocenters. The van der Waals surface area contributed by atoms with Crippen molar-refractivity contribution < 1.29 is 33.9 Å². The van der Waals surface area contributed by atoms with Gasteiger partial charge in [0.15, 0.2) is 5.82 Å². The number of nitrogens with zero attached hydrogens (tertiary/aromatic N) is 4. The maximum absolute atomic E-state index is 13.6. The standard InChI is InChI=1S/C31H36N6O7/c1-3-43-31(42)44-37-18-16-36(17-19-37)30(41)24(14-15-27(38)39)34-29(40)25-20-26(32-21(2)22-10-6-4-7-11-22)35-28(33-25)23-12-8-5-9-13-23/h4-13,20-21,24H,3,14-19H2,1-2H3,(H,34,40)(H,38,39)(H,32,33,35)/t21-,24+/m1/s1. The molecule has 2 amide bonds. The fourth-order valence-electron chi connectivity index (χ4n) is 4.63. The lowest BCUT2D eigenvalue weighted by molar-refractivity contribution is -0.157. The minimum absolute atomic E-state index is 0.0161. The molecule has 0 spiro atoms. The van der Waals surface area contributed by atoms with E-state index in [1.807, 2.05) is 67.6 Å². The summed E-state index contributed by atoms with van der Waals surface area (Å²) in [6.45, 7) is 4.66. The monoisotopic (exact) mass is 604 g/mol. The topological polar surface area (TPSA) is 163 Å². The average molecular weight is 605 g/mol. The maximum atomic E-state index is 13.6. The molecule has 1 aromatic heterocycles. The Morgan fingerprint density at radius 1 is 0.955 bits per heavy atom. The van der Waals surface area contributed by atoms with Crippen LogP contribution < -0.4 is 10.6 Å². The molecule has 13 nitrogen and oxygen atoms in total. The molecule has 2 heterocycles. The molecule has 232 valence electrons. The van der Waals surface area contributed by atoms with Crippen LogP contribution in [0.3, 0.4) is 0 Å². The van der Waals surface area contributed by atoms with Crippen LogP contribution in [0.4, 0.5) is 10.6 Å². The summed E-state index contributed by atoms with van der Waals surface area (Å²) in [4.78, 5) is 65.8. The highest BCUT2D eigenvalue weighted by Gasteiger charge is 2.31. The summed E-state index contributed by atoms with van der Waals surface area (Å²) in [6.07, 6.45) is -1.28. The molecular weight excluding hydrogens is 568 g/mol. The van der Waals surface area contributed by atoms with Gasteiger partial charge in [0.2, 0.25) is 5.91 Å². The van der Waals surface area contributed by atoms with E-state index in [0.717, 1.165) is 5.56 Å². The van der Waals surface area contributed by atoms with Crippen molar-refractivity contribution in [2.75, 3.05) is 38.1 Å². The third-order valence-corrected chi connectivity index (χ3v) is 6.92. The minimum atomic E-state index is -1.12. The Hall–Kier alpha value is -5.04. The molecule has 1 aliphatic heterocycles. The highest BCUT2D eigenvalue weighted by atomic mass is 16.8. The number of hydroxylamine groups is 2. The van der Waals surface area contributed by atoms with Gasteiger partial charge in [0.05, 0.1) is 19.7 Å². The second kappa shape index (κ2) is 15.4. The zero-order valence-corrected chi connectivity index (χ0v) is 24.6. The fourth-order valence-corrected chi connectivity index (χ4v) is 4.63. The van der Waals surface area contributed by atoms with E-state index < -0.39 is 30.0 Å². The first kappa shape index (κ1) is 31.9. The van der Waals surface area contributed by atoms with Gasteiger partial charge in [-0.2, -0.15) is 0 Å². The van der Waals surface area contributed by atoms with E-state index in [-0.39, 0.29) is 57.4 Å². The quantitative estimate of drug-likeness (QED) is 0.259. The molecule has 1 fully saturated rings. The number of carboxylic acid groups (broad SMARTS) is 1. The van der Waals surface area contributed by atoms with E-state index >= 15 is 0 Å². The number of benzene rings is 2. The maximum Gasteiger partial charge on any atom is 0.527 e. The molecule has 0 aliphatic carbocycles. The van der Waals surface area contributed by atoms with Gasteiger partial charge in [0.25, 0.3) is 5.91 Å². The zero-order valence-electron chi connectivity index (χ0n) is 24.6. The number of hydrogen-bond donors (Lipinski definition) is 3. The second-order valence-electron chi connectivity index (χ2n) is 10.1. The van der Waals surface area contributed by atoms with Crippen LogP contribution in [0.25, 0.3) is 11.4 Å². The lowest BCUT2D eigenvalue weighted by atomic mass is 10.1. The number of rotatable bonds is 12. The summed E-state index contributed by atoms with van der Waals surface area (Å²) in [7, 11) is 0. The van der Waals surface area contributed by atoms with Gasteiger partial charge < -0.3 is 30.2 Å². The normalized spacial score (nSPS) is 14.6. The van der Waals surface area contributed by atoms with Crippen molar-refractivity contribution in [3.63, 3.8) is 0 Å². The van der Waals surface area contributed by atoms with E-state index in [1.165, 1.54) is 16.0 Å². The largest absolute Gasteiger partial charge is 0.527 e. The number of carbonyl (C=O) groups excluding carboxylic acids is 3. The molecule has 3 N–H and O–H groups in total. The molecule has 3 aromatic rings. The molecule has 1 aliphatic rings. The summed E-state index contributed by atoms with van der Waals surface area (Å²) >= 11 is 0. The lowest BCUT2D eigenvalue weighted by Crippen LogP contribution is -2.55. The van der Waals surface area contributed by atoms with Crippen molar-refractivity contribution in [1.82, 2.24) is 25.2 Å². The number of aromatic nitrogens is 2. The molecule has 13 heteroatoms. The molecule has 2 atom stereocenters. The Morgan fingerprint density at radius 2 is 1.61 bits per heavy atom. The van der Waals surface area contributed by atoms with E-state index in [2.05, 4.69) is 20.6 Å². The number of hydrogen-bond acceptors (Lipinski definition) is 10. The van der Waals surface area contributed by atoms with Crippen molar-refractivity contribution >= 4 is 29.8 Å². The third-order valence-electron chi connectivity index (χ3n) is 6.92. The number of anilines is 1. The predicted molar refractivity (Wildman–Crippen MR) is 160 cm³/mol. The van der Waals surface area contributed by atoms with Crippen molar-refractivity contribution in [2.45, 2.75) is 38.8 Å². The first-order chi connectivity index (χ1) is 21.2. The summed E-state index contributed by atoms with van der Waals surface area (Å²) < 4.78 is 4.78. The fraction of sp³-hybridized carbons (Fsp3) is 0.355. The van der Waals surface area contributed by atoms with Gasteiger partial charge in [-0.1, -0.05) is 60.7 Å². The minimum Gasteiger partial charge on any atom is -0.481 e. The van der Waals surface area contributed by atoms with Crippen molar-refractivity contribution in [2.24, 2.45) is 0 Å². The number of ether oxygens (including phenoxy) is 1. The number of carboxylic acids is 1. The predicted octanol–water partition coefficient (Wildman–Crippen LogP) is 3.51. The van der Waals surface area contributed by atoms with Gasteiger partial charge in [-0.05, 0) is 25.8 Å². The van der Waals surface area contributed by atoms with Gasteiger partial charge >= 0.3 is 12.1 Å². The highest BCUT2D eigenvalue weighted by Crippen LogP contribution is 2.22. The summed E-state index contributed by atoms with van der Waals surface area (Å²) in [5.74, 6) is -1.46. The lowest BCUT2D eigenvalue weighted by Gasteiger charge is -2.35. The summed E-state index contributed by atoms with van der Waals surface area (Å²) in [5.41, 5.74) is 1.73. The molecule has 0 radical (unpaired) electrons. The summed E-state index contributed by atoms with van der Waals surface area (Å²) in [5, 5.41) is 16.7. The van der Waals surface area contributed by atoms with Crippen LogP contribution >= 0.6 is 0 Å². The molecule has 44 heavy (non-hydrogen) atoms. The average Bonchev–Trinajstić information content (AvgIpc) is 3.03. The van der Waals surface area contributed by atoms with Crippen LogP contribution in [0.2, 0.25) is 0 Å². The van der Waals surface area contributed by atoms with Crippen LogP contribution in [-0.2, 0) is 19.2 Å². The Kier molecular flexibility index (Phi) is 11.2. The number of aliphatic carboxylic acids is 1. The van der Waals surface area contributed by atoms with E-state index in [1.54, 1.807) is 6.92 Å². The number of nitrogens with one attached hydrogen (secondary N) is 2. The van der Waals surface area contributed by atoms with Crippen molar-refractivity contribution in [3.05, 3.63) is 78.0 Å². The Labute approximate surface area is 255 Å². The van der Waals surface area contributed by atoms with Crippen LogP contribution in [0.5, 0.6) is 0 Å². The van der Waals surface area contributed by atoms with Gasteiger partial charge in [0, 0.05) is 37.2 Å². The van der Waals surface area contributed by atoms with Gasteiger partial charge in [-0.25, -0.2) is 14.8 Å². The smallest absolute Gasteiger partial charge is 0.481 e. The van der Waals surface area contributed by atoms with Gasteiger partial charge in [0.1, 0.15) is 17.6 Å². The molecular formula is C31H36N6O7. The zero-order chi connectivity index (χ0) is 31.5. The number of amides is 2. The van der Waals surface area contributed by atoms with Crippen LogP contribution in [0.15, 0.2) is 66.7 Å². The van der Waals surface area contributed by atoms with Gasteiger partial charge in [-0.3, -0.25) is 14.4 Å². The molecule has 2 aromatic carbocycles. The van der Waals surface area contributed by atoms with Crippen molar-refractivity contribution in [1.29, 1.82) is 0 Å². The number of piperazine rings is 1. The summed E-state index contributed by atoms with van der Waals surface area (Å²) in [6, 6.07) is 19.2. The second-order valence-corrected chi connectivity index (χ2v) is 10.1. The Morgan fingerprint density at radius 3 is 2.25 bits per heavy atom. The van der Waals surface area contributed by atoms with Crippen LogP contribution in [-0.4, -0.2) is 87.8 Å². The Balaban J connectivity index is 1.53. The third kappa shape index (κ3) is 8.98. The Bertz CT molecular complexity index is 1430. The highest BCUT2D eigenvalue weighted by molar-refractivity contribution is 5.97. The SMILES string of the molecule is CCOC(=O)ON1CCN(C(=O)[C@H](CCC(=O)O)NC(=O)c2cc(N[C@H](C)c3ccccc3)nc(-c3ccccc3)n2)CC1. The van der Waals surface area contributed by atoms with E-state index in [0.29, 0.717) is 17.2 Å². The molecule has 0 saturated carbocycles. The van der Waals surface area contributed by atoms with Crippen molar-refractivity contribution in [3.8, 4) is 11.4 Å². The van der Waals surface area contributed by atoms with Crippen LogP contribution in [0, 0.1) is 0 Å². The molecule has 4 rings (SSSR count). The van der Waals surface area contributed by atoms with E-state index in [4.69, 9.17) is 9.57 Å². The first-order valence-electron chi connectivity index (χ1n) is 14.4. The molecule has 1 saturated heterocycles. The number of carbonyl (C=O) groups is 4. The van der Waals surface area contributed by atoms with Gasteiger partial charge in [-0.15, -0.1) is 5.06 Å².